The Kier molecular flexibility index (Phi) is 4.94. The van der Waals surface area contributed by atoms with Gasteiger partial charge in [0.05, 0.1) is 5.37 Å². The number of benzene rings is 1. The van der Waals surface area contributed by atoms with Crippen LogP contribution in [0.25, 0.3) is 0 Å². The monoisotopic (exact) mass is 341 g/mol. The first-order chi connectivity index (χ1) is 11.8. The Balaban J connectivity index is 1.69. The van der Waals surface area contributed by atoms with Crippen molar-refractivity contribution in [1.82, 2.24) is 0 Å². The summed E-state index contributed by atoms with van der Waals surface area (Å²) in [6.07, 6.45) is 12.8. The largest absolute Gasteiger partial charge is 0.331 e. The zero-order valence-corrected chi connectivity index (χ0v) is 16.1. The Morgan fingerprint density at radius 2 is 1.54 bits per heavy atom. The standard InChI is InChI=1S/C22H31NS/c1-16-10-6-9-15-20(16)23-17(2)21(18-11-4-3-5-12-18)24-22(23)19-13-7-8-14-19/h6,9-10,15,18-19,22H,3-5,7-8,11-14H2,1-2H3. The Bertz CT molecular complexity index is 608. The van der Waals surface area contributed by atoms with E-state index in [1.807, 2.05) is 0 Å². The van der Waals surface area contributed by atoms with Crippen LogP contribution >= 0.6 is 11.8 Å². The molecule has 0 aromatic heterocycles. The minimum absolute atomic E-state index is 0.644. The van der Waals surface area contributed by atoms with Crippen molar-refractivity contribution in [2.24, 2.45) is 11.8 Å². The van der Waals surface area contributed by atoms with Crippen molar-refractivity contribution in [2.75, 3.05) is 4.90 Å². The second-order valence-electron chi connectivity index (χ2n) is 7.99. The summed E-state index contributed by atoms with van der Waals surface area (Å²) < 4.78 is 0. The number of para-hydroxylation sites is 1. The molecule has 2 aliphatic carbocycles. The summed E-state index contributed by atoms with van der Waals surface area (Å²) >= 11 is 2.24. The number of aryl methyl sites for hydroxylation is 1. The van der Waals surface area contributed by atoms with Gasteiger partial charge < -0.3 is 4.90 Å². The molecule has 2 fully saturated rings. The van der Waals surface area contributed by atoms with Crippen LogP contribution in [-0.4, -0.2) is 5.37 Å². The van der Waals surface area contributed by atoms with Gasteiger partial charge in [-0.25, -0.2) is 0 Å². The minimum atomic E-state index is 0.644. The predicted octanol–water partition coefficient (Wildman–Crippen LogP) is 6.88. The van der Waals surface area contributed by atoms with Gasteiger partial charge in [0.1, 0.15) is 0 Å². The zero-order valence-electron chi connectivity index (χ0n) is 15.3. The molecule has 0 radical (unpaired) electrons. The molecule has 2 saturated carbocycles. The molecule has 3 aliphatic rings. The summed E-state index contributed by atoms with van der Waals surface area (Å²) in [6.45, 7) is 4.68. The first-order valence-corrected chi connectivity index (χ1v) is 10.9. The fourth-order valence-corrected chi connectivity index (χ4v) is 6.83. The predicted molar refractivity (Wildman–Crippen MR) is 106 cm³/mol. The summed E-state index contributed by atoms with van der Waals surface area (Å²) in [6, 6.07) is 9.00. The highest BCUT2D eigenvalue weighted by Gasteiger charge is 2.40. The molecule has 0 N–H and O–H groups in total. The van der Waals surface area contributed by atoms with E-state index in [0.717, 1.165) is 11.8 Å². The van der Waals surface area contributed by atoms with Crippen LogP contribution in [0, 0.1) is 18.8 Å². The molecule has 0 amide bonds. The van der Waals surface area contributed by atoms with Gasteiger partial charge in [-0.3, -0.25) is 0 Å². The van der Waals surface area contributed by atoms with Crippen molar-refractivity contribution in [3.8, 4) is 0 Å². The summed E-state index contributed by atoms with van der Waals surface area (Å²) in [5.74, 6) is 1.70. The van der Waals surface area contributed by atoms with Crippen molar-refractivity contribution in [3.05, 3.63) is 40.4 Å². The highest BCUT2D eigenvalue weighted by atomic mass is 32.2. The fourth-order valence-electron chi connectivity index (χ4n) is 5.04. The average molecular weight is 342 g/mol. The van der Waals surface area contributed by atoms with Crippen LogP contribution in [0.2, 0.25) is 0 Å². The van der Waals surface area contributed by atoms with Gasteiger partial charge >= 0.3 is 0 Å². The van der Waals surface area contributed by atoms with Gasteiger partial charge in [-0.2, -0.15) is 0 Å². The number of rotatable bonds is 3. The minimum Gasteiger partial charge on any atom is -0.331 e. The molecule has 0 spiro atoms. The highest BCUT2D eigenvalue weighted by molar-refractivity contribution is 8.04. The van der Waals surface area contributed by atoms with E-state index in [4.69, 9.17) is 0 Å². The molecule has 1 heterocycles. The Hall–Kier alpha value is -0.890. The number of thioether (sulfide) groups is 1. The third kappa shape index (κ3) is 3.03. The number of nitrogens with zero attached hydrogens (tertiary/aromatic N) is 1. The summed E-state index contributed by atoms with van der Waals surface area (Å²) in [5.41, 5.74) is 4.44. The SMILES string of the molecule is CC1=C(C2CCCCC2)SC(C2CCCC2)N1c1ccccc1C. The lowest BCUT2D eigenvalue weighted by molar-refractivity contribution is 0.413. The average Bonchev–Trinajstić information content (AvgIpc) is 3.24. The van der Waals surface area contributed by atoms with Crippen LogP contribution in [0.5, 0.6) is 0 Å². The lowest BCUT2D eigenvalue weighted by Gasteiger charge is -2.33. The topological polar surface area (TPSA) is 3.24 Å². The molecule has 1 unspecified atom stereocenters. The Morgan fingerprint density at radius 3 is 2.25 bits per heavy atom. The smallest absolute Gasteiger partial charge is 0.0868 e. The molecule has 1 aromatic carbocycles. The Morgan fingerprint density at radius 1 is 0.875 bits per heavy atom. The van der Waals surface area contributed by atoms with Crippen LogP contribution < -0.4 is 4.90 Å². The molecule has 1 nitrogen and oxygen atoms in total. The zero-order chi connectivity index (χ0) is 16.5. The normalized spacial score (nSPS) is 26.6. The second kappa shape index (κ2) is 7.15. The molecule has 130 valence electrons. The van der Waals surface area contributed by atoms with E-state index < -0.39 is 0 Å². The molecule has 1 aliphatic heterocycles. The third-order valence-corrected chi connectivity index (χ3v) is 8.09. The van der Waals surface area contributed by atoms with Crippen LogP contribution in [0.15, 0.2) is 34.9 Å². The molecule has 1 aromatic rings. The quantitative estimate of drug-likeness (QED) is 0.589. The van der Waals surface area contributed by atoms with Crippen molar-refractivity contribution in [3.63, 3.8) is 0 Å². The number of anilines is 1. The van der Waals surface area contributed by atoms with Gasteiger partial charge in [-0.05, 0) is 63.0 Å². The van der Waals surface area contributed by atoms with E-state index in [-0.39, 0.29) is 0 Å². The van der Waals surface area contributed by atoms with E-state index in [1.165, 1.54) is 69.0 Å². The number of hydrogen-bond acceptors (Lipinski definition) is 2. The maximum absolute atomic E-state index is 2.72. The highest BCUT2D eigenvalue weighted by Crippen LogP contribution is 2.52. The summed E-state index contributed by atoms with van der Waals surface area (Å²) in [5, 5.41) is 0.644. The number of allylic oxidation sites excluding steroid dienone is 2. The molecule has 1 atom stereocenters. The summed E-state index contributed by atoms with van der Waals surface area (Å²) in [7, 11) is 0. The lowest BCUT2D eigenvalue weighted by Crippen LogP contribution is -2.33. The van der Waals surface area contributed by atoms with E-state index in [9.17, 15) is 0 Å². The van der Waals surface area contributed by atoms with Crippen LogP contribution in [0.1, 0.15) is 70.3 Å². The van der Waals surface area contributed by atoms with E-state index >= 15 is 0 Å². The van der Waals surface area contributed by atoms with Gasteiger partial charge in [-0.15, -0.1) is 11.8 Å². The first kappa shape index (κ1) is 16.6. The molecule has 24 heavy (non-hydrogen) atoms. The van der Waals surface area contributed by atoms with E-state index in [1.54, 1.807) is 10.6 Å². The van der Waals surface area contributed by atoms with E-state index in [2.05, 4.69) is 54.8 Å². The first-order valence-electron chi connectivity index (χ1n) is 9.98. The Labute approximate surface area is 151 Å². The molecular weight excluding hydrogens is 310 g/mol. The molecule has 0 saturated heterocycles. The molecule has 0 bridgehead atoms. The fraction of sp³-hybridized carbons (Fsp3) is 0.636. The molecular formula is C22H31NS. The van der Waals surface area contributed by atoms with E-state index in [0.29, 0.717) is 5.37 Å². The van der Waals surface area contributed by atoms with Crippen LogP contribution in [0.4, 0.5) is 5.69 Å². The van der Waals surface area contributed by atoms with Gasteiger partial charge in [0, 0.05) is 16.3 Å². The van der Waals surface area contributed by atoms with Gasteiger partial charge in [-0.1, -0.05) is 50.3 Å². The second-order valence-corrected chi connectivity index (χ2v) is 9.15. The summed E-state index contributed by atoms with van der Waals surface area (Å²) in [4.78, 5) is 4.45. The van der Waals surface area contributed by atoms with Gasteiger partial charge in [0.25, 0.3) is 0 Å². The van der Waals surface area contributed by atoms with Gasteiger partial charge in [0.2, 0.25) is 0 Å². The van der Waals surface area contributed by atoms with Crippen LogP contribution in [-0.2, 0) is 0 Å². The van der Waals surface area contributed by atoms with Crippen molar-refractivity contribution >= 4 is 17.4 Å². The number of hydrogen-bond donors (Lipinski definition) is 0. The third-order valence-electron chi connectivity index (χ3n) is 6.37. The molecule has 4 rings (SSSR count). The van der Waals surface area contributed by atoms with Crippen molar-refractivity contribution < 1.29 is 0 Å². The van der Waals surface area contributed by atoms with Gasteiger partial charge in [0.15, 0.2) is 0 Å². The van der Waals surface area contributed by atoms with Crippen molar-refractivity contribution in [2.45, 2.75) is 77.0 Å². The molecule has 2 heteroatoms. The van der Waals surface area contributed by atoms with Crippen LogP contribution in [0.3, 0.4) is 0 Å². The van der Waals surface area contributed by atoms with Crippen molar-refractivity contribution in [1.29, 1.82) is 0 Å². The lowest BCUT2D eigenvalue weighted by atomic mass is 9.88. The maximum Gasteiger partial charge on any atom is 0.0868 e. The maximum atomic E-state index is 2.72.